The number of ether oxygens (including phenoxy) is 1. The maximum atomic E-state index is 13.2. The molecular weight excluding hydrogens is 259 g/mol. The van der Waals surface area contributed by atoms with E-state index < -0.39 is 0 Å². The third-order valence-electron chi connectivity index (χ3n) is 2.83. The van der Waals surface area contributed by atoms with Gasteiger partial charge in [0.05, 0.1) is 12.7 Å². The number of rotatable bonds is 3. The highest BCUT2D eigenvalue weighted by Gasteiger charge is 2.14. The van der Waals surface area contributed by atoms with Gasteiger partial charge in [-0.2, -0.15) is 0 Å². The molecule has 0 aliphatic heterocycles. The van der Waals surface area contributed by atoms with E-state index in [2.05, 4.69) is 10.2 Å². The zero-order valence-corrected chi connectivity index (χ0v) is 10.7. The van der Waals surface area contributed by atoms with Crippen LogP contribution in [-0.4, -0.2) is 17.3 Å². The van der Waals surface area contributed by atoms with Crippen molar-refractivity contribution < 1.29 is 13.5 Å². The van der Waals surface area contributed by atoms with Crippen LogP contribution >= 0.6 is 0 Å². The minimum atomic E-state index is -0.348. The number of para-hydroxylation sites is 1. The minimum absolute atomic E-state index is 0.269. The van der Waals surface area contributed by atoms with E-state index in [0.29, 0.717) is 22.8 Å². The summed E-state index contributed by atoms with van der Waals surface area (Å²) in [5.74, 6) is 0.897. The third kappa shape index (κ3) is 2.25. The molecule has 3 aromatic rings. The molecule has 0 fully saturated rings. The summed E-state index contributed by atoms with van der Waals surface area (Å²) in [6, 6.07) is 13.3. The monoisotopic (exact) mass is 270 g/mol. The summed E-state index contributed by atoms with van der Waals surface area (Å²) < 4.78 is 24.0. The van der Waals surface area contributed by atoms with Crippen molar-refractivity contribution in [2.45, 2.75) is 0 Å². The predicted octanol–water partition coefficient (Wildman–Crippen LogP) is 3.55. The van der Waals surface area contributed by atoms with Gasteiger partial charge in [-0.1, -0.05) is 18.2 Å². The van der Waals surface area contributed by atoms with Gasteiger partial charge in [-0.25, -0.2) is 4.39 Å². The van der Waals surface area contributed by atoms with E-state index >= 15 is 0 Å². The van der Waals surface area contributed by atoms with Crippen molar-refractivity contribution in [3.63, 3.8) is 0 Å². The summed E-state index contributed by atoms with van der Waals surface area (Å²) in [7, 11) is 1.57. The van der Waals surface area contributed by atoms with Gasteiger partial charge in [0, 0.05) is 5.56 Å². The zero-order chi connectivity index (χ0) is 13.9. The van der Waals surface area contributed by atoms with Crippen molar-refractivity contribution in [3.05, 3.63) is 54.3 Å². The van der Waals surface area contributed by atoms with Crippen LogP contribution in [0.15, 0.2) is 52.9 Å². The Kier molecular flexibility index (Phi) is 3.16. The summed E-state index contributed by atoms with van der Waals surface area (Å²) in [5.41, 5.74) is 1.24. The molecule has 20 heavy (non-hydrogen) atoms. The van der Waals surface area contributed by atoms with Crippen molar-refractivity contribution in [2.75, 3.05) is 7.11 Å². The highest BCUT2D eigenvalue weighted by atomic mass is 19.1. The van der Waals surface area contributed by atoms with Gasteiger partial charge in [-0.15, -0.1) is 10.2 Å². The first-order valence-electron chi connectivity index (χ1n) is 6.01. The SMILES string of the molecule is COc1ccccc1-c1nnc(-c2cccc(F)c2)o1. The molecule has 0 saturated carbocycles. The van der Waals surface area contributed by atoms with Crippen LogP contribution in [0.1, 0.15) is 0 Å². The first-order chi connectivity index (χ1) is 9.78. The first kappa shape index (κ1) is 12.3. The standard InChI is InChI=1S/C15H11FN2O2/c1-19-13-8-3-2-7-12(13)15-18-17-14(20-15)10-5-4-6-11(16)9-10/h2-9H,1H3. The van der Waals surface area contributed by atoms with E-state index in [1.807, 2.05) is 18.2 Å². The molecule has 0 aliphatic rings. The predicted molar refractivity (Wildman–Crippen MR) is 71.7 cm³/mol. The number of methoxy groups -OCH3 is 1. The number of nitrogens with zero attached hydrogens (tertiary/aromatic N) is 2. The lowest BCUT2D eigenvalue weighted by Crippen LogP contribution is -1.87. The summed E-state index contributed by atoms with van der Waals surface area (Å²) in [5, 5.41) is 7.92. The van der Waals surface area contributed by atoms with E-state index in [4.69, 9.17) is 9.15 Å². The molecule has 100 valence electrons. The number of hydrogen-bond donors (Lipinski definition) is 0. The van der Waals surface area contributed by atoms with Gasteiger partial charge in [-0.3, -0.25) is 0 Å². The molecule has 0 aliphatic carbocycles. The van der Waals surface area contributed by atoms with Gasteiger partial charge < -0.3 is 9.15 Å². The van der Waals surface area contributed by atoms with Crippen LogP contribution in [0.25, 0.3) is 22.9 Å². The van der Waals surface area contributed by atoms with Crippen LogP contribution in [0, 0.1) is 5.82 Å². The lowest BCUT2D eigenvalue weighted by molar-refractivity contribution is 0.414. The molecule has 0 saturated heterocycles. The van der Waals surface area contributed by atoms with Gasteiger partial charge >= 0.3 is 0 Å². The number of aromatic nitrogens is 2. The Bertz CT molecular complexity index is 740. The second-order valence-corrected chi connectivity index (χ2v) is 4.12. The molecule has 0 spiro atoms. The Labute approximate surface area is 114 Å². The average molecular weight is 270 g/mol. The van der Waals surface area contributed by atoms with E-state index in [9.17, 15) is 4.39 Å². The second kappa shape index (κ2) is 5.13. The molecule has 1 aromatic heterocycles. The lowest BCUT2D eigenvalue weighted by Gasteiger charge is -2.03. The van der Waals surface area contributed by atoms with E-state index in [1.165, 1.54) is 12.1 Å². The Morgan fingerprint density at radius 2 is 1.80 bits per heavy atom. The van der Waals surface area contributed by atoms with Crippen molar-refractivity contribution in [1.82, 2.24) is 10.2 Å². The number of benzene rings is 2. The summed E-state index contributed by atoms with van der Waals surface area (Å²) >= 11 is 0. The molecule has 1 heterocycles. The zero-order valence-electron chi connectivity index (χ0n) is 10.7. The molecule has 5 heteroatoms. The fourth-order valence-electron chi connectivity index (χ4n) is 1.89. The van der Waals surface area contributed by atoms with Crippen LogP contribution < -0.4 is 4.74 Å². The van der Waals surface area contributed by atoms with E-state index in [-0.39, 0.29) is 11.7 Å². The molecular formula is C15H11FN2O2. The second-order valence-electron chi connectivity index (χ2n) is 4.12. The Hall–Kier alpha value is -2.69. The molecule has 3 rings (SSSR count). The normalized spacial score (nSPS) is 10.5. The minimum Gasteiger partial charge on any atom is -0.496 e. The number of hydrogen-bond acceptors (Lipinski definition) is 4. The third-order valence-corrected chi connectivity index (χ3v) is 2.83. The fraction of sp³-hybridized carbons (Fsp3) is 0.0667. The Balaban J connectivity index is 2.02. The summed E-state index contributed by atoms with van der Waals surface area (Å²) in [6.45, 7) is 0. The Morgan fingerprint density at radius 1 is 1.00 bits per heavy atom. The van der Waals surface area contributed by atoms with Crippen LogP contribution in [0.2, 0.25) is 0 Å². The van der Waals surface area contributed by atoms with Crippen LogP contribution in [0.3, 0.4) is 0 Å². The van der Waals surface area contributed by atoms with Gasteiger partial charge in [0.1, 0.15) is 11.6 Å². The van der Waals surface area contributed by atoms with Crippen molar-refractivity contribution in [2.24, 2.45) is 0 Å². The Morgan fingerprint density at radius 3 is 2.60 bits per heavy atom. The van der Waals surface area contributed by atoms with E-state index in [0.717, 1.165) is 0 Å². The van der Waals surface area contributed by atoms with Crippen molar-refractivity contribution in [3.8, 4) is 28.7 Å². The molecule has 0 amide bonds. The largest absolute Gasteiger partial charge is 0.496 e. The van der Waals surface area contributed by atoms with Gasteiger partial charge in [0.25, 0.3) is 5.89 Å². The maximum absolute atomic E-state index is 13.2. The molecule has 0 unspecified atom stereocenters. The van der Waals surface area contributed by atoms with Gasteiger partial charge in [-0.05, 0) is 30.3 Å². The molecule has 0 atom stereocenters. The fourth-order valence-corrected chi connectivity index (χ4v) is 1.89. The quantitative estimate of drug-likeness (QED) is 0.730. The summed E-state index contributed by atoms with van der Waals surface area (Å²) in [4.78, 5) is 0. The van der Waals surface area contributed by atoms with Crippen LogP contribution in [0.5, 0.6) is 5.75 Å². The van der Waals surface area contributed by atoms with Crippen molar-refractivity contribution >= 4 is 0 Å². The number of halogens is 1. The molecule has 0 N–H and O–H groups in total. The highest BCUT2D eigenvalue weighted by molar-refractivity contribution is 5.64. The average Bonchev–Trinajstić information content (AvgIpc) is 2.97. The van der Waals surface area contributed by atoms with Crippen LogP contribution in [-0.2, 0) is 0 Å². The summed E-state index contributed by atoms with van der Waals surface area (Å²) in [6.07, 6.45) is 0. The van der Waals surface area contributed by atoms with Crippen molar-refractivity contribution in [1.29, 1.82) is 0 Å². The van der Waals surface area contributed by atoms with Gasteiger partial charge in [0.2, 0.25) is 5.89 Å². The van der Waals surface area contributed by atoms with Gasteiger partial charge in [0.15, 0.2) is 0 Å². The van der Waals surface area contributed by atoms with Crippen LogP contribution in [0.4, 0.5) is 4.39 Å². The molecule has 0 bridgehead atoms. The molecule has 0 radical (unpaired) electrons. The smallest absolute Gasteiger partial charge is 0.251 e. The topological polar surface area (TPSA) is 48.2 Å². The molecule has 4 nitrogen and oxygen atoms in total. The first-order valence-corrected chi connectivity index (χ1v) is 6.01. The molecule has 2 aromatic carbocycles. The maximum Gasteiger partial charge on any atom is 0.251 e. The lowest BCUT2D eigenvalue weighted by atomic mass is 10.2. The highest BCUT2D eigenvalue weighted by Crippen LogP contribution is 2.30. The van der Waals surface area contributed by atoms with E-state index in [1.54, 1.807) is 25.3 Å².